The largest absolute Gasteiger partial charge is 0.465 e. The molecule has 4 nitrogen and oxygen atoms in total. The molecular formula is C17H23N3O. The number of aromatic nitrogens is 2. The van der Waals surface area contributed by atoms with Gasteiger partial charge in [-0.25, -0.2) is 9.97 Å². The van der Waals surface area contributed by atoms with Crippen LogP contribution >= 0.6 is 0 Å². The third-order valence-corrected chi connectivity index (χ3v) is 3.86. The summed E-state index contributed by atoms with van der Waals surface area (Å²) in [4.78, 5) is 11.7. The molecule has 1 aliphatic rings. The molecule has 1 aliphatic heterocycles. The van der Waals surface area contributed by atoms with E-state index in [2.05, 4.69) is 36.7 Å². The molecule has 3 rings (SSSR count). The van der Waals surface area contributed by atoms with Gasteiger partial charge in [0.25, 0.3) is 0 Å². The first-order chi connectivity index (χ1) is 9.91. The van der Waals surface area contributed by atoms with Gasteiger partial charge in [0.15, 0.2) is 0 Å². The lowest BCUT2D eigenvalue weighted by Gasteiger charge is -2.28. The summed E-state index contributed by atoms with van der Waals surface area (Å²) < 4.78 is 5.67. The summed E-state index contributed by atoms with van der Waals surface area (Å²) in [5.74, 6) is 2.94. The fraction of sp³-hybridized carbons (Fsp3) is 0.529. The summed E-state index contributed by atoms with van der Waals surface area (Å²) >= 11 is 0. The lowest BCUT2D eigenvalue weighted by molar-refractivity contribution is 0.221. The van der Waals surface area contributed by atoms with Gasteiger partial charge in [-0.1, -0.05) is 20.8 Å². The average Bonchev–Trinajstić information content (AvgIpc) is 2.82. The summed E-state index contributed by atoms with van der Waals surface area (Å²) in [6.45, 7) is 11.2. The predicted octanol–water partition coefficient (Wildman–Crippen LogP) is 3.23. The van der Waals surface area contributed by atoms with Crippen molar-refractivity contribution in [3.8, 4) is 0 Å². The number of fused-ring (bicyclic) bond motifs is 1. The minimum absolute atomic E-state index is 0.0118. The normalized spacial score (nSPS) is 16.0. The SMILES string of the molecule is Cc1ccc(CN2CCc3nc(C(C)(C)C)ncc3C2)o1. The van der Waals surface area contributed by atoms with Crippen molar-refractivity contribution in [3.63, 3.8) is 0 Å². The summed E-state index contributed by atoms with van der Waals surface area (Å²) in [5.41, 5.74) is 2.47. The number of hydrogen-bond acceptors (Lipinski definition) is 4. The van der Waals surface area contributed by atoms with Gasteiger partial charge in [-0.2, -0.15) is 0 Å². The molecule has 2 aromatic rings. The lowest BCUT2D eigenvalue weighted by atomic mass is 9.95. The van der Waals surface area contributed by atoms with Gasteiger partial charge in [0.05, 0.1) is 6.54 Å². The molecule has 0 aliphatic carbocycles. The van der Waals surface area contributed by atoms with Crippen molar-refractivity contribution in [1.29, 1.82) is 0 Å². The van der Waals surface area contributed by atoms with Crippen LogP contribution in [-0.2, 0) is 24.9 Å². The maximum absolute atomic E-state index is 5.67. The summed E-state index contributed by atoms with van der Waals surface area (Å²) in [6.07, 6.45) is 2.99. The summed E-state index contributed by atoms with van der Waals surface area (Å²) in [6, 6.07) is 4.08. The van der Waals surface area contributed by atoms with Gasteiger partial charge in [-0.15, -0.1) is 0 Å². The zero-order valence-electron chi connectivity index (χ0n) is 13.3. The highest BCUT2D eigenvalue weighted by Gasteiger charge is 2.23. The molecule has 0 saturated heterocycles. The van der Waals surface area contributed by atoms with Crippen molar-refractivity contribution < 1.29 is 4.42 Å². The molecule has 0 atom stereocenters. The predicted molar refractivity (Wildman–Crippen MR) is 82.0 cm³/mol. The van der Waals surface area contributed by atoms with Crippen LogP contribution in [0.25, 0.3) is 0 Å². The van der Waals surface area contributed by atoms with Crippen molar-refractivity contribution in [2.24, 2.45) is 0 Å². The number of hydrogen-bond donors (Lipinski definition) is 0. The van der Waals surface area contributed by atoms with E-state index in [4.69, 9.17) is 9.40 Å². The molecule has 2 aromatic heterocycles. The van der Waals surface area contributed by atoms with E-state index in [1.807, 2.05) is 19.2 Å². The second-order valence-electron chi connectivity index (χ2n) is 6.89. The van der Waals surface area contributed by atoms with Crippen LogP contribution in [0.3, 0.4) is 0 Å². The van der Waals surface area contributed by atoms with E-state index in [0.29, 0.717) is 0 Å². The van der Waals surface area contributed by atoms with E-state index >= 15 is 0 Å². The zero-order chi connectivity index (χ0) is 15.0. The molecule has 0 radical (unpaired) electrons. The third-order valence-electron chi connectivity index (χ3n) is 3.86. The van der Waals surface area contributed by atoms with Crippen LogP contribution < -0.4 is 0 Å². The van der Waals surface area contributed by atoms with E-state index in [1.54, 1.807) is 0 Å². The minimum Gasteiger partial charge on any atom is -0.465 e. The van der Waals surface area contributed by atoms with E-state index in [9.17, 15) is 0 Å². The topological polar surface area (TPSA) is 42.2 Å². The Kier molecular flexibility index (Phi) is 3.57. The first kappa shape index (κ1) is 14.3. The highest BCUT2D eigenvalue weighted by Crippen LogP contribution is 2.23. The van der Waals surface area contributed by atoms with Crippen LogP contribution in [0.1, 0.15) is 49.4 Å². The minimum atomic E-state index is 0.0118. The molecule has 0 fully saturated rings. The van der Waals surface area contributed by atoms with E-state index in [1.165, 1.54) is 11.3 Å². The maximum Gasteiger partial charge on any atom is 0.133 e. The molecule has 0 saturated carbocycles. The van der Waals surface area contributed by atoms with E-state index in [-0.39, 0.29) is 5.41 Å². The number of furan rings is 1. The monoisotopic (exact) mass is 285 g/mol. The maximum atomic E-state index is 5.67. The molecule has 0 unspecified atom stereocenters. The molecule has 21 heavy (non-hydrogen) atoms. The van der Waals surface area contributed by atoms with Crippen molar-refractivity contribution in [2.75, 3.05) is 6.54 Å². The van der Waals surface area contributed by atoms with E-state index in [0.717, 1.165) is 43.4 Å². The Morgan fingerprint density at radius 3 is 2.76 bits per heavy atom. The highest BCUT2D eigenvalue weighted by molar-refractivity contribution is 5.22. The first-order valence-electron chi connectivity index (χ1n) is 7.55. The Morgan fingerprint density at radius 2 is 2.10 bits per heavy atom. The second kappa shape index (κ2) is 5.26. The number of aryl methyl sites for hydroxylation is 1. The van der Waals surface area contributed by atoms with Crippen molar-refractivity contribution in [2.45, 2.75) is 52.6 Å². The van der Waals surface area contributed by atoms with Gasteiger partial charge in [0.2, 0.25) is 0 Å². The van der Waals surface area contributed by atoms with Gasteiger partial charge in [-0.05, 0) is 19.1 Å². The molecule has 0 N–H and O–H groups in total. The quantitative estimate of drug-likeness (QED) is 0.849. The Hall–Kier alpha value is -1.68. The molecule has 0 aromatic carbocycles. The Morgan fingerprint density at radius 1 is 1.29 bits per heavy atom. The Bertz CT molecular complexity index is 640. The van der Waals surface area contributed by atoms with Crippen LogP contribution in [0.2, 0.25) is 0 Å². The van der Waals surface area contributed by atoms with Gasteiger partial charge in [0.1, 0.15) is 17.3 Å². The molecule has 0 bridgehead atoms. The molecule has 0 spiro atoms. The Balaban J connectivity index is 1.74. The average molecular weight is 285 g/mol. The smallest absolute Gasteiger partial charge is 0.133 e. The van der Waals surface area contributed by atoms with E-state index < -0.39 is 0 Å². The standard InChI is InChI=1S/C17H23N3O/c1-12-5-6-14(21-12)11-20-8-7-15-13(10-20)9-18-16(19-15)17(2,3)4/h5-6,9H,7-8,10-11H2,1-4H3. The second-order valence-corrected chi connectivity index (χ2v) is 6.89. The summed E-state index contributed by atoms with van der Waals surface area (Å²) in [7, 11) is 0. The molecule has 112 valence electrons. The highest BCUT2D eigenvalue weighted by atomic mass is 16.3. The number of rotatable bonds is 2. The molecule has 0 amide bonds. The summed E-state index contributed by atoms with van der Waals surface area (Å²) in [5, 5.41) is 0. The number of nitrogens with zero attached hydrogens (tertiary/aromatic N) is 3. The van der Waals surface area contributed by atoms with Crippen molar-refractivity contribution in [1.82, 2.24) is 14.9 Å². The lowest BCUT2D eigenvalue weighted by Crippen LogP contribution is -2.31. The fourth-order valence-electron chi connectivity index (χ4n) is 2.66. The van der Waals surface area contributed by atoms with Crippen LogP contribution in [0, 0.1) is 6.92 Å². The van der Waals surface area contributed by atoms with Crippen LogP contribution in [0.4, 0.5) is 0 Å². The van der Waals surface area contributed by atoms with Crippen molar-refractivity contribution in [3.05, 3.63) is 46.9 Å². The zero-order valence-corrected chi connectivity index (χ0v) is 13.3. The fourth-order valence-corrected chi connectivity index (χ4v) is 2.66. The van der Waals surface area contributed by atoms with Gasteiger partial charge in [-0.3, -0.25) is 4.90 Å². The van der Waals surface area contributed by atoms with Crippen LogP contribution in [0.5, 0.6) is 0 Å². The van der Waals surface area contributed by atoms with Crippen molar-refractivity contribution >= 4 is 0 Å². The molecule has 3 heterocycles. The van der Waals surface area contributed by atoms with Gasteiger partial charge < -0.3 is 4.42 Å². The first-order valence-corrected chi connectivity index (χ1v) is 7.55. The molecule has 4 heteroatoms. The van der Waals surface area contributed by atoms with Gasteiger partial charge in [0, 0.05) is 42.4 Å². The third kappa shape index (κ3) is 3.16. The van der Waals surface area contributed by atoms with Gasteiger partial charge >= 0.3 is 0 Å². The Labute approximate surface area is 126 Å². The van der Waals surface area contributed by atoms with Crippen LogP contribution in [0.15, 0.2) is 22.7 Å². The van der Waals surface area contributed by atoms with Crippen LogP contribution in [-0.4, -0.2) is 21.4 Å². The molecular weight excluding hydrogens is 262 g/mol.